The van der Waals surface area contributed by atoms with Crippen LogP contribution in [0.3, 0.4) is 0 Å². The summed E-state index contributed by atoms with van der Waals surface area (Å²) < 4.78 is 49.1. The highest BCUT2D eigenvalue weighted by atomic mass is 32.2. The number of ether oxygens (including phenoxy) is 4. The highest BCUT2D eigenvalue weighted by molar-refractivity contribution is 7.89. The second kappa shape index (κ2) is 16.9. The molecule has 1 aliphatic heterocycles. The van der Waals surface area contributed by atoms with Crippen molar-refractivity contribution in [3.8, 4) is 11.5 Å². The van der Waals surface area contributed by atoms with Gasteiger partial charge in [0.2, 0.25) is 15.9 Å². The Morgan fingerprint density at radius 2 is 1.62 bits per heavy atom. The van der Waals surface area contributed by atoms with Gasteiger partial charge in [0.1, 0.15) is 17.5 Å². The van der Waals surface area contributed by atoms with Crippen molar-refractivity contribution >= 4 is 21.8 Å². The summed E-state index contributed by atoms with van der Waals surface area (Å²) in [6, 6.07) is 21.4. The van der Waals surface area contributed by atoms with Gasteiger partial charge in [-0.15, -0.1) is 0 Å². The van der Waals surface area contributed by atoms with Crippen molar-refractivity contribution in [2.75, 3.05) is 59.8 Å². The van der Waals surface area contributed by atoms with Crippen LogP contribution in [0.4, 0.5) is 0 Å². The number of carbonyl (C=O) groups is 2. The fourth-order valence-electron chi connectivity index (χ4n) is 4.86. The Kier molecular flexibility index (Phi) is 12.8. The fraction of sp³-hybridized carbons (Fsp3) is 0.394. The van der Waals surface area contributed by atoms with Gasteiger partial charge in [-0.25, -0.2) is 8.42 Å². The highest BCUT2D eigenvalue weighted by Gasteiger charge is 2.32. The van der Waals surface area contributed by atoms with Crippen molar-refractivity contribution in [2.24, 2.45) is 0 Å². The number of morpholine rings is 1. The van der Waals surface area contributed by atoms with Crippen LogP contribution in [0.15, 0.2) is 83.8 Å². The molecule has 1 heterocycles. The minimum atomic E-state index is -3.67. The minimum Gasteiger partial charge on any atom is -0.497 e. The van der Waals surface area contributed by atoms with Crippen molar-refractivity contribution in [1.82, 2.24) is 14.5 Å². The predicted octanol–water partition coefficient (Wildman–Crippen LogP) is 3.41. The van der Waals surface area contributed by atoms with E-state index in [9.17, 15) is 18.0 Å². The predicted molar refractivity (Wildman–Crippen MR) is 168 cm³/mol. The summed E-state index contributed by atoms with van der Waals surface area (Å²) in [7, 11) is -2.09. The van der Waals surface area contributed by atoms with Crippen molar-refractivity contribution < 1.29 is 37.0 Å². The lowest BCUT2D eigenvalue weighted by atomic mass is 10.0. The molecule has 1 fully saturated rings. The quantitative estimate of drug-likeness (QED) is 0.237. The van der Waals surface area contributed by atoms with Crippen molar-refractivity contribution in [3.63, 3.8) is 0 Å². The van der Waals surface area contributed by atoms with Crippen molar-refractivity contribution in [3.05, 3.63) is 90.0 Å². The van der Waals surface area contributed by atoms with Gasteiger partial charge in [-0.3, -0.25) is 9.59 Å². The lowest BCUT2D eigenvalue weighted by Crippen LogP contribution is -2.45. The largest absolute Gasteiger partial charge is 0.497 e. The SMILES string of the molecule is CCOCCCNC(=O)C(c1ccccc1)N(Cc1ccc(OC)cc1)C(=O)COc1ccc(S(=O)(=O)N2CCOCC2)cc1. The molecule has 3 aromatic rings. The van der Waals surface area contributed by atoms with E-state index < -0.39 is 22.0 Å². The molecule has 45 heavy (non-hydrogen) atoms. The molecule has 3 aromatic carbocycles. The lowest BCUT2D eigenvalue weighted by Gasteiger charge is -2.31. The summed E-state index contributed by atoms with van der Waals surface area (Å²) in [6.07, 6.45) is 0.633. The van der Waals surface area contributed by atoms with Gasteiger partial charge >= 0.3 is 0 Å². The van der Waals surface area contributed by atoms with Gasteiger partial charge in [0.25, 0.3) is 5.91 Å². The molecular formula is C33H41N3O8S. The van der Waals surface area contributed by atoms with Crippen LogP contribution in [0.1, 0.15) is 30.5 Å². The van der Waals surface area contributed by atoms with Crippen LogP contribution < -0.4 is 14.8 Å². The van der Waals surface area contributed by atoms with Gasteiger partial charge in [-0.05, 0) is 60.9 Å². The zero-order valence-corrected chi connectivity index (χ0v) is 26.5. The monoisotopic (exact) mass is 639 g/mol. The number of hydrogen-bond acceptors (Lipinski definition) is 8. The molecule has 12 heteroatoms. The Morgan fingerprint density at radius 3 is 2.27 bits per heavy atom. The molecule has 0 radical (unpaired) electrons. The topological polar surface area (TPSA) is 124 Å². The molecule has 1 unspecified atom stereocenters. The Labute approximate surface area is 265 Å². The van der Waals surface area contributed by atoms with Crippen LogP contribution in [0.2, 0.25) is 0 Å². The van der Waals surface area contributed by atoms with E-state index in [0.29, 0.717) is 69.5 Å². The number of carbonyl (C=O) groups excluding carboxylic acids is 2. The molecule has 0 spiro atoms. The van der Waals surface area contributed by atoms with Gasteiger partial charge < -0.3 is 29.2 Å². The zero-order valence-electron chi connectivity index (χ0n) is 25.7. The smallest absolute Gasteiger partial charge is 0.261 e. The number of nitrogens with zero attached hydrogens (tertiary/aromatic N) is 2. The molecule has 0 aromatic heterocycles. The molecular weight excluding hydrogens is 598 g/mol. The third-order valence-electron chi connectivity index (χ3n) is 7.27. The summed E-state index contributed by atoms with van der Waals surface area (Å²) in [5.41, 5.74) is 1.45. The van der Waals surface area contributed by atoms with Crippen LogP contribution >= 0.6 is 0 Å². The standard InChI is InChI=1S/C33H41N3O8S/c1-3-42-21-7-18-34-33(38)32(27-8-5-4-6-9-27)36(24-26-10-12-28(41-2)13-11-26)31(37)25-44-29-14-16-30(17-15-29)45(39,40)35-19-22-43-23-20-35/h4-6,8-17,32H,3,7,18-25H2,1-2H3,(H,34,38). The minimum absolute atomic E-state index is 0.134. The average Bonchev–Trinajstić information content (AvgIpc) is 3.08. The molecule has 1 N–H and O–H groups in total. The number of rotatable bonds is 16. The molecule has 1 saturated heterocycles. The Morgan fingerprint density at radius 1 is 0.956 bits per heavy atom. The van der Waals surface area contributed by atoms with Crippen LogP contribution in [0.25, 0.3) is 0 Å². The Bertz CT molecular complexity index is 1460. The van der Waals surface area contributed by atoms with E-state index in [2.05, 4.69) is 5.32 Å². The van der Waals surface area contributed by atoms with Crippen molar-refractivity contribution in [1.29, 1.82) is 0 Å². The summed E-state index contributed by atoms with van der Waals surface area (Å²) in [6.45, 7) is 4.47. The van der Waals surface area contributed by atoms with Crippen LogP contribution in [-0.2, 0) is 35.6 Å². The molecule has 242 valence electrons. The van der Waals surface area contributed by atoms with Gasteiger partial charge in [-0.1, -0.05) is 42.5 Å². The molecule has 1 atom stereocenters. The summed E-state index contributed by atoms with van der Waals surface area (Å²) in [5, 5.41) is 2.96. The molecule has 2 amide bonds. The molecule has 0 saturated carbocycles. The van der Waals surface area contributed by atoms with E-state index in [1.54, 1.807) is 19.2 Å². The van der Waals surface area contributed by atoms with Crippen LogP contribution in [-0.4, -0.2) is 89.2 Å². The van der Waals surface area contributed by atoms with E-state index in [1.807, 2.05) is 49.4 Å². The van der Waals surface area contributed by atoms with Crippen molar-refractivity contribution in [2.45, 2.75) is 30.8 Å². The zero-order chi connectivity index (χ0) is 32.1. The molecule has 0 aliphatic carbocycles. The molecule has 1 aliphatic rings. The van der Waals surface area contributed by atoms with Crippen LogP contribution in [0, 0.1) is 0 Å². The first-order chi connectivity index (χ1) is 21.8. The maximum absolute atomic E-state index is 13.9. The normalized spacial score (nSPS) is 14.4. The van der Waals surface area contributed by atoms with E-state index in [-0.39, 0.29) is 24.0 Å². The second-order valence-electron chi connectivity index (χ2n) is 10.3. The molecule has 0 bridgehead atoms. The molecule has 4 rings (SSSR count). The van der Waals surface area contributed by atoms with Gasteiger partial charge in [-0.2, -0.15) is 4.31 Å². The van der Waals surface area contributed by atoms with E-state index in [4.69, 9.17) is 18.9 Å². The average molecular weight is 640 g/mol. The maximum atomic E-state index is 13.9. The highest BCUT2D eigenvalue weighted by Crippen LogP contribution is 2.26. The first-order valence-corrected chi connectivity index (χ1v) is 16.4. The second-order valence-corrected chi connectivity index (χ2v) is 12.2. The first kappa shape index (κ1) is 33.9. The molecule has 11 nitrogen and oxygen atoms in total. The number of nitrogens with one attached hydrogen (secondary N) is 1. The number of sulfonamides is 1. The van der Waals surface area contributed by atoms with Gasteiger partial charge in [0.15, 0.2) is 6.61 Å². The van der Waals surface area contributed by atoms with Gasteiger partial charge in [0, 0.05) is 39.4 Å². The van der Waals surface area contributed by atoms with E-state index >= 15 is 0 Å². The van der Waals surface area contributed by atoms with Gasteiger partial charge in [0.05, 0.1) is 25.2 Å². The van der Waals surface area contributed by atoms with E-state index in [0.717, 1.165) is 5.56 Å². The lowest BCUT2D eigenvalue weighted by molar-refractivity contribution is -0.143. The van der Waals surface area contributed by atoms with E-state index in [1.165, 1.54) is 33.5 Å². The number of benzene rings is 3. The first-order valence-electron chi connectivity index (χ1n) is 15.0. The Balaban J connectivity index is 1.53. The fourth-order valence-corrected chi connectivity index (χ4v) is 6.27. The third kappa shape index (κ3) is 9.51. The number of methoxy groups -OCH3 is 1. The summed E-state index contributed by atoms with van der Waals surface area (Å²) in [5.74, 6) is 0.252. The number of hydrogen-bond donors (Lipinski definition) is 1. The van der Waals surface area contributed by atoms with Crippen LogP contribution in [0.5, 0.6) is 11.5 Å². The summed E-state index contributed by atoms with van der Waals surface area (Å²) >= 11 is 0. The summed E-state index contributed by atoms with van der Waals surface area (Å²) in [4.78, 5) is 29.2. The Hall–Kier alpha value is -3.97. The maximum Gasteiger partial charge on any atom is 0.261 e. The number of amides is 2. The third-order valence-corrected chi connectivity index (χ3v) is 9.18.